The lowest BCUT2D eigenvalue weighted by Crippen LogP contribution is -2.44. The van der Waals surface area contributed by atoms with Gasteiger partial charge in [0.1, 0.15) is 17.9 Å². The van der Waals surface area contributed by atoms with Gasteiger partial charge in [0.2, 0.25) is 5.91 Å². The summed E-state index contributed by atoms with van der Waals surface area (Å²) in [5, 5.41) is 5.70. The van der Waals surface area contributed by atoms with Crippen LogP contribution in [-0.4, -0.2) is 29.3 Å². The van der Waals surface area contributed by atoms with Gasteiger partial charge in [-0.25, -0.2) is 9.18 Å². The number of carbonyl (C=O) groups is 3. The van der Waals surface area contributed by atoms with Gasteiger partial charge in [-0.05, 0) is 36.2 Å². The van der Waals surface area contributed by atoms with E-state index in [0.717, 1.165) is 11.3 Å². The van der Waals surface area contributed by atoms with Crippen molar-refractivity contribution in [1.29, 1.82) is 0 Å². The molecule has 0 bridgehead atoms. The molecule has 1 unspecified atom stereocenters. The van der Waals surface area contributed by atoms with Crippen molar-refractivity contribution < 1.29 is 18.8 Å². The van der Waals surface area contributed by atoms with Gasteiger partial charge in [0, 0.05) is 0 Å². The zero-order valence-electron chi connectivity index (χ0n) is 16.2. The fourth-order valence-electron chi connectivity index (χ4n) is 3.39. The first kappa shape index (κ1) is 22.1. The summed E-state index contributed by atoms with van der Waals surface area (Å²) in [6.07, 6.45) is 1.78. The van der Waals surface area contributed by atoms with Crippen molar-refractivity contribution in [3.8, 4) is 0 Å². The average Bonchev–Trinajstić information content (AvgIpc) is 2.95. The SMILES string of the molecule is CCCCC1(c2ccc(F)cc2)NC(=O)N(CC(=O)Nc2cccc(Cl)c2Cl)C1=O. The van der Waals surface area contributed by atoms with E-state index in [1.54, 1.807) is 18.2 Å². The highest BCUT2D eigenvalue weighted by Crippen LogP contribution is 2.34. The third-order valence-corrected chi connectivity index (χ3v) is 5.76. The predicted molar refractivity (Wildman–Crippen MR) is 113 cm³/mol. The molecule has 2 aromatic carbocycles. The Morgan fingerprint density at radius 1 is 1.17 bits per heavy atom. The highest BCUT2D eigenvalue weighted by atomic mass is 35.5. The summed E-state index contributed by atoms with van der Waals surface area (Å²) >= 11 is 12.0. The van der Waals surface area contributed by atoms with E-state index in [9.17, 15) is 18.8 Å². The van der Waals surface area contributed by atoms with Crippen molar-refractivity contribution in [3.05, 3.63) is 63.9 Å². The van der Waals surface area contributed by atoms with E-state index in [0.29, 0.717) is 18.4 Å². The Bertz CT molecular complexity index is 984. The maximum atomic E-state index is 13.4. The maximum absolute atomic E-state index is 13.4. The van der Waals surface area contributed by atoms with Crippen LogP contribution in [0.15, 0.2) is 42.5 Å². The van der Waals surface area contributed by atoms with E-state index in [1.165, 1.54) is 24.3 Å². The van der Waals surface area contributed by atoms with Crippen LogP contribution in [-0.2, 0) is 15.1 Å². The molecule has 3 rings (SSSR count). The number of nitrogens with zero attached hydrogens (tertiary/aromatic N) is 1. The molecule has 9 heteroatoms. The lowest BCUT2D eigenvalue weighted by Gasteiger charge is -2.27. The fourth-order valence-corrected chi connectivity index (χ4v) is 3.74. The topological polar surface area (TPSA) is 78.5 Å². The summed E-state index contributed by atoms with van der Waals surface area (Å²) in [6.45, 7) is 1.46. The number of unbranched alkanes of at least 4 members (excludes halogenated alkanes) is 1. The summed E-state index contributed by atoms with van der Waals surface area (Å²) in [5.74, 6) is -1.61. The zero-order valence-corrected chi connectivity index (χ0v) is 17.7. The number of anilines is 1. The molecule has 0 aromatic heterocycles. The number of urea groups is 1. The number of benzene rings is 2. The number of hydrogen-bond acceptors (Lipinski definition) is 3. The lowest BCUT2D eigenvalue weighted by atomic mass is 9.85. The van der Waals surface area contributed by atoms with Crippen molar-refractivity contribution >= 4 is 46.7 Å². The Morgan fingerprint density at radius 2 is 1.87 bits per heavy atom. The Labute approximate surface area is 183 Å². The predicted octanol–water partition coefficient (Wildman–Crippen LogP) is 4.71. The van der Waals surface area contributed by atoms with Crippen LogP contribution in [0.25, 0.3) is 0 Å². The van der Waals surface area contributed by atoms with Gasteiger partial charge in [0.15, 0.2) is 0 Å². The standard InChI is InChI=1S/C21H20Cl2FN3O3/c1-2-3-11-21(13-7-9-14(24)10-8-13)19(29)27(20(30)26-21)12-17(28)25-16-6-4-5-15(22)18(16)23/h4-10H,2-3,11-12H2,1H3,(H,25,28)(H,26,30). The van der Waals surface area contributed by atoms with Crippen molar-refractivity contribution in [2.45, 2.75) is 31.7 Å². The number of hydrogen-bond donors (Lipinski definition) is 2. The summed E-state index contributed by atoms with van der Waals surface area (Å²) in [7, 11) is 0. The number of halogens is 3. The van der Waals surface area contributed by atoms with E-state index in [-0.39, 0.29) is 15.7 Å². The molecule has 6 nitrogen and oxygen atoms in total. The molecule has 158 valence electrons. The molecule has 1 heterocycles. The minimum absolute atomic E-state index is 0.160. The van der Waals surface area contributed by atoms with Crippen LogP contribution < -0.4 is 10.6 Å². The molecule has 1 atom stereocenters. The fraction of sp³-hybridized carbons (Fsp3) is 0.286. The largest absolute Gasteiger partial charge is 0.325 e. The molecule has 2 N–H and O–H groups in total. The molecular formula is C21H20Cl2FN3O3. The molecule has 1 saturated heterocycles. The third-order valence-electron chi connectivity index (χ3n) is 4.95. The van der Waals surface area contributed by atoms with Crippen LogP contribution in [0, 0.1) is 5.82 Å². The van der Waals surface area contributed by atoms with Gasteiger partial charge in [-0.3, -0.25) is 14.5 Å². The molecule has 30 heavy (non-hydrogen) atoms. The minimum Gasteiger partial charge on any atom is -0.323 e. The molecule has 0 spiro atoms. The van der Waals surface area contributed by atoms with Crippen LogP contribution in [0.1, 0.15) is 31.7 Å². The van der Waals surface area contributed by atoms with Crippen LogP contribution in [0.3, 0.4) is 0 Å². The number of carbonyl (C=O) groups excluding carboxylic acids is 3. The second kappa shape index (κ2) is 9.02. The van der Waals surface area contributed by atoms with Gasteiger partial charge in [-0.2, -0.15) is 0 Å². The molecule has 4 amide bonds. The Kier molecular flexibility index (Phi) is 6.63. The minimum atomic E-state index is -1.34. The highest BCUT2D eigenvalue weighted by molar-refractivity contribution is 6.44. The van der Waals surface area contributed by atoms with Crippen LogP contribution >= 0.6 is 23.2 Å². The number of imide groups is 1. The lowest BCUT2D eigenvalue weighted by molar-refractivity contribution is -0.134. The van der Waals surface area contributed by atoms with E-state index in [2.05, 4.69) is 10.6 Å². The molecular weight excluding hydrogens is 432 g/mol. The van der Waals surface area contributed by atoms with E-state index < -0.39 is 35.7 Å². The van der Waals surface area contributed by atoms with E-state index in [4.69, 9.17) is 23.2 Å². The van der Waals surface area contributed by atoms with Crippen molar-refractivity contribution in [2.24, 2.45) is 0 Å². The van der Waals surface area contributed by atoms with Gasteiger partial charge in [-0.1, -0.05) is 61.2 Å². The summed E-state index contributed by atoms with van der Waals surface area (Å²) in [5.41, 5.74) is -0.595. The maximum Gasteiger partial charge on any atom is 0.325 e. The molecule has 1 aliphatic heterocycles. The molecule has 0 radical (unpaired) electrons. The summed E-state index contributed by atoms with van der Waals surface area (Å²) < 4.78 is 13.4. The molecule has 2 aromatic rings. The monoisotopic (exact) mass is 451 g/mol. The Hall–Kier alpha value is -2.64. The molecule has 0 saturated carbocycles. The number of amides is 4. The van der Waals surface area contributed by atoms with Gasteiger partial charge in [0.05, 0.1) is 15.7 Å². The highest BCUT2D eigenvalue weighted by Gasteiger charge is 2.52. The number of rotatable bonds is 7. The Balaban J connectivity index is 1.83. The van der Waals surface area contributed by atoms with Gasteiger partial charge < -0.3 is 10.6 Å². The van der Waals surface area contributed by atoms with Crippen LogP contribution in [0.4, 0.5) is 14.9 Å². The first-order chi connectivity index (χ1) is 14.3. The smallest absolute Gasteiger partial charge is 0.323 e. The average molecular weight is 452 g/mol. The van der Waals surface area contributed by atoms with Gasteiger partial charge >= 0.3 is 6.03 Å². The number of nitrogens with one attached hydrogen (secondary N) is 2. The quantitative estimate of drug-likeness (QED) is 0.598. The third kappa shape index (κ3) is 4.27. The molecule has 0 aliphatic carbocycles. The van der Waals surface area contributed by atoms with Crippen molar-refractivity contribution in [1.82, 2.24) is 10.2 Å². The van der Waals surface area contributed by atoms with Gasteiger partial charge in [0.25, 0.3) is 5.91 Å². The first-order valence-corrected chi connectivity index (χ1v) is 10.2. The first-order valence-electron chi connectivity index (χ1n) is 9.42. The summed E-state index contributed by atoms with van der Waals surface area (Å²) in [6, 6.07) is 9.47. The molecule has 1 aliphatic rings. The zero-order chi connectivity index (χ0) is 21.9. The second-order valence-corrected chi connectivity index (χ2v) is 7.77. The second-order valence-electron chi connectivity index (χ2n) is 6.99. The normalized spacial score (nSPS) is 18.5. The Morgan fingerprint density at radius 3 is 2.53 bits per heavy atom. The van der Waals surface area contributed by atoms with E-state index in [1.807, 2.05) is 6.92 Å². The molecule has 1 fully saturated rings. The van der Waals surface area contributed by atoms with Crippen LogP contribution in [0.5, 0.6) is 0 Å². The summed E-state index contributed by atoms with van der Waals surface area (Å²) in [4.78, 5) is 39.2. The van der Waals surface area contributed by atoms with E-state index >= 15 is 0 Å². The van der Waals surface area contributed by atoms with Crippen molar-refractivity contribution in [3.63, 3.8) is 0 Å². The van der Waals surface area contributed by atoms with Crippen LogP contribution in [0.2, 0.25) is 10.0 Å². The van der Waals surface area contributed by atoms with Crippen molar-refractivity contribution in [2.75, 3.05) is 11.9 Å². The van der Waals surface area contributed by atoms with Gasteiger partial charge in [-0.15, -0.1) is 0 Å².